The molecule has 3 aliphatic heterocycles. The highest BCUT2D eigenvalue weighted by molar-refractivity contribution is 6.20. The van der Waals surface area contributed by atoms with E-state index in [2.05, 4.69) is 34.5 Å². The number of amides is 4. The third kappa shape index (κ3) is 7.26. The predicted octanol–water partition coefficient (Wildman–Crippen LogP) is 5.81. The first-order valence-electron chi connectivity index (χ1n) is 18.1. The number of carbonyl (C=O) groups excluding carboxylic acids is 3. The second kappa shape index (κ2) is 14.6. The molecule has 1 aromatic heterocycles. The molecule has 0 spiro atoms. The van der Waals surface area contributed by atoms with Crippen LogP contribution in [0.1, 0.15) is 60.8 Å². The molecule has 4 atom stereocenters. The summed E-state index contributed by atoms with van der Waals surface area (Å²) in [7, 11) is 3.50. The number of anilines is 2. The fourth-order valence-electron chi connectivity index (χ4n) is 7.20. The molecule has 0 radical (unpaired) electrons. The lowest BCUT2D eigenvalue weighted by Crippen LogP contribution is -2.58. The third-order valence-electron chi connectivity index (χ3n) is 10.1. The van der Waals surface area contributed by atoms with Crippen LogP contribution in [-0.2, 0) is 4.79 Å². The zero-order chi connectivity index (χ0) is 37.4. The van der Waals surface area contributed by atoms with Crippen LogP contribution < -0.4 is 15.5 Å². The Morgan fingerprint density at radius 1 is 1.00 bits per heavy atom. The molecule has 0 bridgehead atoms. The maximum absolute atomic E-state index is 13.9. The number of hydrogen-bond donors (Lipinski definition) is 2. The molecule has 53 heavy (non-hydrogen) atoms. The van der Waals surface area contributed by atoms with E-state index in [0.29, 0.717) is 36.6 Å². The van der Waals surface area contributed by atoms with E-state index in [-0.39, 0.29) is 35.7 Å². The van der Waals surface area contributed by atoms with Gasteiger partial charge in [0.2, 0.25) is 5.96 Å². The van der Waals surface area contributed by atoms with Crippen LogP contribution in [0, 0.1) is 18.8 Å². The quantitative estimate of drug-likeness (QED) is 0.319. The molecular formula is C41H45N9O3. The van der Waals surface area contributed by atoms with Gasteiger partial charge in [0.25, 0.3) is 11.8 Å². The zero-order valence-electron chi connectivity index (χ0n) is 30.9. The molecule has 2 N–H and O–H groups in total. The SMILES string of the molecule is CC1=CCC(NC(=O)c2ccc3c(c2)N(C)C(=O)[C@H](CC(C)C)N=C3c2ccccc2)C=C1N1CC2C=NC(Nc3ccc(C)nc3)=NC2N(C)C1=O. The van der Waals surface area contributed by atoms with Crippen molar-refractivity contribution in [3.63, 3.8) is 0 Å². The van der Waals surface area contributed by atoms with Crippen LogP contribution >= 0.6 is 0 Å². The number of benzodiazepines with no additional fused rings is 1. The standard InChI is InChI=1S/C41H45N9O3/c1-24(2)18-33-39(52)48(5)35-19-28(14-17-32(35)36(46-33)27-10-8-7-9-11-27)38(51)44-30-15-12-25(3)34(20-30)50-23-29-21-43-40(47-37(29)49(6)41(50)53)45-31-16-13-26(4)42-22-31/h7-14,16-17,19-22,24,29-30,33,37H,15,18,23H2,1-6H3,(H,44,51)(H,45,47)/t29?,30?,33-,37?/m0/s1. The van der Waals surface area contributed by atoms with Crippen molar-refractivity contribution in [2.45, 2.75) is 58.8 Å². The minimum atomic E-state index is -0.533. The lowest BCUT2D eigenvalue weighted by atomic mass is 9.96. The summed E-state index contributed by atoms with van der Waals surface area (Å²) in [5.41, 5.74) is 6.89. The summed E-state index contributed by atoms with van der Waals surface area (Å²) in [5.74, 6) is 0.186. The van der Waals surface area contributed by atoms with E-state index in [1.54, 1.807) is 47.1 Å². The van der Waals surface area contributed by atoms with Gasteiger partial charge in [-0.3, -0.25) is 24.5 Å². The number of aryl methyl sites for hydroxylation is 1. The van der Waals surface area contributed by atoms with Gasteiger partial charge in [0, 0.05) is 54.9 Å². The summed E-state index contributed by atoms with van der Waals surface area (Å²) in [6.07, 6.45) is 8.35. The van der Waals surface area contributed by atoms with Crippen LogP contribution in [0.25, 0.3) is 0 Å². The number of carbonyl (C=O) groups is 3. The highest BCUT2D eigenvalue weighted by atomic mass is 16.2. The predicted molar refractivity (Wildman–Crippen MR) is 209 cm³/mol. The molecule has 3 aromatic rings. The number of allylic oxidation sites excluding steroid dienone is 1. The lowest BCUT2D eigenvalue weighted by molar-refractivity contribution is -0.119. The summed E-state index contributed by atoms with van der Waals surface area (Å²) < 4.78 is 0. The molecule has 12 nitrogen and oxygen atoms in total. The van der Waals surface area contributed by atoms with E-state index in [1.165, 1.54) is 0 Å². The minimum absolute atomic E-state index is 0.105. The number of fused-ring (bicyclic) bond motifs is 2. The summed E-state index contributed by atoms with van der Waals surface area (Å²) in [6.45, 7) is 8.47. The smallest absolute Gasteiger partial charge is 0.325 e. The Morgan fingerprint density at radius 2 is 1.79 bits per heavy atom. The number of guanidine groups is 1. The first-order chi connectivity index (χ1) is 25.5. The van der Waals surface area contributed by atoms with Crippen molar-refractivity contribution in [3.05, 3.63) is 113 Å². The number of nitrogens with one attached hydrogen (secondary N) is 2. The Kier molecular flexibility index (Phi) is 9.78. The molecule has 4 aliphatic rings. The van der Waals surface area contributed by atoms with Gasteiger partial charge in [-0.25, -0.2) is 14.8 Å². The van der Waals surface area contributed by atoms with Gasteiger partial charge in [-0.1, -0.05) is 50.3 Å². The fourth-order valence-corrected chi connectivity index (χ4v) is 7.20. The Bertz CT molecular complexity index is 2080. The van der Waals surface area contributed by atoms with Crippen molar-refractivity contribution in [3.8, 4) is 0 Å². The topological polar surface area (TPSA) is 135 Å². The zero-order valence-corrected chi connectivity index (χ0v) is 30.9. The van der Waals surface area contributed by atoms with Crippen molar-refractivity contribution >= 4 is 47.1 Å². The van der Waals surface area contributed by atoms with Gasteiger partial charge in [-0.2, -0.15) is 0 Å². The number of rotatable bonds is 7. The van der Waals surface area contributed by atoms with Crippen molar-refractivity contribution in [2.75, 3.05) is 30.9 Å². The number of benzene rings is 2. The Morgan fingerprint density at radius 3 is 2.53 bits per heavy atom. The van der Waals surface area contributed by atoms with E-state index in [4.69, 9.17) is 9.98 Å². The third-order valence-corrected chi connectivity index (χ3v) is 10.1. The van der Waals surface area contributed by atoms with E-state index in [9.17, 15) is 14.4 Å². The van der Waals surface area contributed by atoms with Crippen LogP contribution in [0.4, 0.5) is 16.2 Å². The van der Waals surface area contributed by atoms with Gasteiger partial charge < -0.3 is 20.4 Å². The van der Waals surface area contributed by atoms with Crippen LogP contribution in [0.5, 0.6) is 0 Å². The number of nitrogens with zero attached hydrogens (tertiary/aromatic N) is 7. The Balaban J connectivity index is 1.09. The molecule has 0 saturated carbocycles. The monoisotopic (exact) mass is 711 g/mol. The van der Waals surface area contributed by atoms with Crippen LogP contribution in [0.2, 0.25) is 0 Å². The van der Waals surface area contributed by atoms with E-state index in [0.717, 1.165) is 39.5 Å². The van der Waals surface area contributed by atoms with Gasteiger partial charge in [-0.15, -0.1) is 0 Å². The summed E-state index contributed by atoms with van der Waals surface area (Å²) in [4.78, 5) is 65.0. The molecule has 4 amide bonds. The largest absolute Gasteiger partial charge is 0.345 e. The Hall–Kier alpha value is -5.91. The minimum Gasteiger partial charge on any atom is -0.345 e. The van der Waals surface area contributed by atoms with Gasteiger partial charge >= 0.3 is 6.03 Å². The molecule has 4 heterocycles. The molecule has 1 aliphatic carbocycles. The summed E-state index contributed by atoms with van der Waals surface area (Å²) in [5, 5.41) is 6.35. The molecule has 1 fully saturated rings. The van der Waals surface area contributed by atoms with E-state index in [1.807, 2.05) is 80.7 Å². The van der Waals surface area contributed by atoms with Gasteiger partial charge in [0.05, 0.1) is 35.2 Å². The van der Waals surface area contributed by atoms with E-state index >= 15 is 0 Å². The highest BCUT2D eigenvalue weighted by Crippen LogP contribution is 2.33. The average molecular weight is 712 g/mol. The van der Waals surface area contributed by atoms with Crippen molar-refractivity contribution in [2.24, 2.45) is 26.8 Å². The molecule has 7 rings (SSSR count). The molecule has 12 heteroatoms. The van der Waals surface area contributed by atoms with Crippen LogP contribution in [0.3, 0.4) is 0 Å². The number of urea groups is 1. The number of aliphatic imine (C=N–C) groups is 3. The van der Waals surface area contributed by atoms with Gasteiger partial charge in [0.15, 0.2) is 0 Å². The highest BCUT2D eigenvalue weighted by Gasteiger charge is 2.41. The van der Waals surface area contributed by atoms with Crippen molar-refractivity contribution < 1.29 is 14.4 Å². The Labute approximate surface area is 310 Å². The van der Waals surface area contributed by atoms with Gasteiger partial charge in [0.1, 0.15) is 12.2 Å². The molecule has 3 unspecified atom stereocenters. The average Bonchev–Trinajstić information content (AvgIpc) is 3.25. The first-order valence-corrected chi connectivity index (χ1v) is 18.1. The first kappa shape index (κ1) is 35.5. The molecule has 1 saturated heterocycles. The summed E-state index contributed by atoms with van der Waals surface area (Å²) >= 11 is 0. The molecule has 272 valence electrons. The van der Waals surface area contributed by atoms with Gasteiger partial charge in [-0.05, 0) is 74.6 Å². The van der Waals surface area contributed by atoms with E-state index < -0.39 is 12.2 Å². The second-order valence-electron chi connectivity index (χ2n) is 14.5. The number of pyridine rings is 1. The lowest BCUT2D eigenvalue weighted by Gasteiger charge is -2.44. The van der Waals surface area contributed by atoms with Crippen molar-refractivity contribution in [1.82, 2.24) is 20.1 Å². The molecule has 2 aromatic carbocycles. The number of aromatic nitrogens is 1. The molecular weight excluding hydrogens is 667 g/mol. The number of likely N-dealkylation sites (N-methyl/N-ethyl adjacent to an activating group) is 1. The number of hydrogen-bond acceptors (Lipinski definition) is 8. The fraction of sp³-hybridized carbons (Fsp3) is 0.341. The second-order valence-corrected chi connectivity index (χ2v) is 14.5. The maximum Gasteiger partial charge on any atom is 0.325 e. The normalized spacial score (nSPS) is 22.7. The maximum atomic E-state index is 13.9. The summed E-state index contributed by atoms with van der Waals surface area (Å²) in [6, 6.07) is 18.0. The van der Waals surface area contributed by atoms with Crippen LogP contribution in [-0.4, -0.2) is 89.4 Å². The van der Waals surface area contributed by atoms with Crippen molar-refractivity contribution in [1.29, 1.82) is 0 Å². The van der Waals surface area contributed by atoms with Crippen LogP contribution in [0.15, 0.2) is 105 Å².